The molecule has 0 aliphatic carbocycles. The van der Waals surface area contributed by atoms with E-state index in [-0.39, 0.29) is 30.6 Å². The molecular weight excluding hydrogens is 266 g/mol. The van der Waals surface area contributed by atoms with Crippen molar-refractivity contribution in [3.63, 3.8) is 0 Å². The summed E-state index contributed by atoms with van der Waals surface area (Å²) in [5.41, 5.74) is 0.0533. The van der Waals surface area contributed by atoms with E-state index in [1.165, 1.54) is 23.9 Å². The summed E-state index contributed by atoms with van der Waals surface area (Å²) in [4.78, 5) is 22.2. The van der Waals surface area contributed by atoms with E-state index in [0.29, 0.717) is 0 Å². The lowest BCUT2D eigenvalue weighted by molar-refractivity contribution is -0.384. The number of nitro groups is 1. The predicted molar refractivity (Wildman–Crippen MR) is 71.7 cm³/mol. The van der Waals surface area contributed by atoms with E-state index in [9.17, 15) is 20.0 Å². The Kier molecular flexibility index (Phi) is 5.66. The van der Waals surface area contributed by atoms with Crippen LogP contribution in [-0.2, 0) is 4.74 Å². The third kappa shape index (κ3) is 4.04. The predicted octanol–water partition coefficient (Wildman–Crippen LogP) is 0.714. The van der Waals surface area contributed by atoms with Crippen LogP contribution >= 0.6 is 0 Å². The van der Waals surface area contributed by atoms with Crippen LogP contribution in [0.15, 0.2) is 12.3 Å². The number of nitrogens with zero attached hydrogens (tertiary/aromatic N) is 2. The minimum atomic E-state index is -0.818. The minimum Gasteiger partial charge on any atom is -0.389 e. The van der Waals surface area contributed by atoms with Crippen LogP contribution in [-0.4, -0.2) is 46.9 Å². The molecule has 0 saturated carbocycles. The van der Waals surface area contributed by atoms with Crippen molar-refractivity contribution in [2.24, 2.45) is 0 Å². The number of amides is 1. The molecule has 1 atom stereocenters. The standard InChI is InChI=1S/C12H19N3O5/c1-8(2)14-6-9(15(18)19)4-11(14)12(17)13-5-10(16)7-20-3/h4,6,8,10,16H,5,7H2,1-3H3,(H,13,17). The Morgan fingerprint density at radius 2 is 2.25 bits per heavy atom. The summed E-state index contributed by atoms with van der Waals surface area (Å²) >= 11 is 0. The second kappa shape index (κ2) is 7.01. The Labute approximate surface area is 116 Å². The maximum absolute atomic E-state index is 12.0. The molecule has 8 heteroatoms. The molecule has 0 saturated heterocycles. The van der Waals surface area contributed by atoms with Crippen LogP contribution in [0.3, 0.4) is 0 Å². The first kappa shape index (κ1) is 16.1. The lowest BCUT2D eigenvalue weighted by atomic mass is 10.3. The van der Waals surface area contributed by atoms with Crippen LogP contribution in [0.1, 0.15) is 30.4 Å². The van der Waals surface area contributed by atoms with Gasteiger partial charge in [0.1, 0.15) is 5.69 Å². The van der Waals surface area contributed by atoms with E-state index >= 15 is 0 Å². The smallest absolute Gasteiger partial charge is 0.287 e. The zero-order valence-corrected chi connectivity index (χ0v) is 11.7. The maximum atomic E-state index is 12.0. The van der Waals surface area contributed by atoms with Gasteiger partial charge in [0.05, 0.1) is 23.8 Å². The molecule has 112 valence electrons. The highest BCUT2D eigenvalue weighted by atomic mass is 16.6. The molecule has 0 aliphatic heterocycles. The number of hydrogen-bond donors (Lipinski definition) is 2. The Balaban J connectivity index is 2.83. The number of ether oxygens (including phenoxy) is 1. The third-order valence-corrected chi connectivity index (χ3v) is 2.69. The van der Waals surface area contributed by atoms with E-state index in [4.69, 9.17) is 4.74 Å². The largest absolute Gasteiger partial charge is 0.389 e. The molecular formula is C12H19N3O5. The van der Waals surface area contributed by atoms with Crippen molar-refractivity contribution in [3.8, 4) is 0 Å². The van der Waals surface area contributed by atoms with Crippen molar-refractivity contribution in [1.82, 2.24) is 9.88 Å². The van der Waals surface area contributed by atoms with Gasteiger partial charge in [0.15, 0.2) is 0 Å². The summed E-state index contributed by atoms with van der Waals surface area (Å²) in [6, 6.07) is 1.13. The third-order valence-electron chi connectivity index (χ3n) is 2.69. The molecule has 0 aromatic carbocycles. The molecule has 0 spiro atoms. The second-order valence-corrected chi connectivity index (χ2v) is 4.66. The molecule has 2 N–H and O–H groups in total. The van der Waals surface area contributed by atoms with Gasteiger partial charge in [0.2, 0.25) is 0 Å². The molecule has 1 amide bonds. The Bertz CT molecular complexity index is 483. The molecule has 0 fully saturated rings. The van der Waals surface area contributed by atoms with Gasteiger partial charge in [-0.15, -0.1) is 0 Å². The fourth-order valence-electron chi connectivity index (χ4n) is 1.73. The number of aliphatic hydroxyl groups is 1. The quantitative estimate of drug-likeness (QED) is 0.567. The first-order valence-electron chi connectivity index (χ1n) is 6.18. The number of aliphatic hydroxyl groups excluding tert-OH is 1. The van der Waals surface area contributed by atoms with E-state index in [2.05, 4.69) is 5.32 Å². The molecule has 1 aromatic heterocycles. The topological polar surface area (TPSA) is 107 Å². The Morgan fingerprint density at radius 1 is 1.60 bits per heavy atom. The molecule has 0 radical (unpaired) electrons. The van der Waals surface area contributed by atoms with Crippen molar-refractivity contribution in [2.75, 3.05) is 20.3 Å². The van der Waals surface area contributed by atoms with Crippen LogP contribution in [0.5, 0.6) is 0 Å². The molecule has 0 bridgehead atoms. The molecule has 1 aromatic rings. The van der Waals surface area contributed by atoms with Crippen molar-refractivity contribution in [1.29, 1.82) is 0 Å². The normalized spacial score (nSPS) is 12.4. The highest BCUT2D eigenvalue weighted by molar-refractivity contribution is 5.93. The Morgan fingerprint density at radius 3 is 2.75 bits per heavy atom. The van der Waals surface area contributed by atoms with E-state index in [1.807, 2.05) is 13.8 Å². The van der Waals surface area contributed by atoms with Crippen LogP contribution < -0.4 is 5.32 Å². The number of nitrogens with one attached hydrogen (secondary N) is 1. The summed E-state index contributed by atoms with van der Waals surface area (Å²) in [6.45, 7) is 3.76. The van der Waals surface area contributed by atoms with Gasteiger partial charge in [-0.3, -0.25) is 14.9 Å². The van der Waals surface area contributed by atoms with Gasteiger partial charge < -0.3 is 19.7 Å². The SMILES string of the molecule is COCC(O)CNC(=O)c1cc([N+](=O)[O-])cn1C(C)C. The summed E-state index contributed by atoms with van der Waals surface area (Å²) in [5, 5.41) is 22.7. The van der Waals surface area contributed by atoms with Gasteiger partial charge in [0, 0.05) is 25.8 Å². The zero-order valence-electron chi connectivity index (χ0n) is 11.7. The summed E-state index contributed by atoms with van der Waals surface area (Å²) in [6.07, 6.45) is 0.506. The molecule has 0 aliphatic rings. The van der Waals surface area contributed by atoms with Crippen molar-refractivity contribution in [2.45, 2.75) is 26.0 Å². The molecule has 8 nitrogen and oxygen atoms in total. The summed E-state index contributed by atoms with van der Waals surface area (Å²) < 4.78 is 6.27. The van der Waals surface area contributed by atoms with Gasteiger partial charge in [-0.1, -0.05) is 0 Å². The lowest BCUT2D eigenvalue weighted by Crippen LogP contribution is -2.35. The van der Waals surface area contributed by atoms with Crippen LogP contribution in [0, 0.1) is 10.1 Å². The number of rotatable bonds is 7. The number of hydrogen-bond acceptors (Lipinski definition) is 5. The van der Waals surface area contributed by atoms with Crippen molar-refractivity contribution >= 4 is 11.6 Å². The number of carbonyl (C=O) groups is 1. The van der Waals surface area contributed by atoms with Gasteiger partial charge in [0.25, 0.3) is 11.6 Å². The molecule has 1 rings (SSSR count). The van der Waals surface area contributed by atoms with E-state index in [1.54, 1.807) is 0 Å². The number of aromatic nitrogens is 1. The maximum Gasteiger partial charge on any atom is 0.287 e. The number of carbonyl (C=O) groups excluding carboxylic acids is 1. The number of methoxy groups -OCH3 is 1. The molecule has 1 unspecified atom stereocenters. The van der Waals surface area contributed by atoms with E-state index < -0.39 is 16.9 Å². The average Bonchev–Trinajstić information content (AvgIpc) is 2.81. The second-order valence-electron chi connectivity index (χ2n) is 4.66. The summed E-state index contributed by atoms with van der Waals surface area (Å²) in [5.74, 6) is -0.470. The summed E-state index contributed by atoms with van der Waals surface area (Å²) in [7, 11) is 1.44. The minimum absolute atomic E-state index is 0.0176. The molecule has 20 heavy (non-hydrogen) atoms. The highest BCUT2D eigenvalue weighted by Crippen LogP contribution is 2.20. The fourth-order valence-corrected chi connectivity index (χ4v) is 1.73. The van der Waals surface area contributed by atoms with Gasteiger partial charge in [-0.25, -0.2) is 0 Å². The zero-order chi connectivity index (χ0) is 15.3. The van der Waals surface area contributed by atoms with Crippen LogP contribution in [0.25, 0.3) is 0 Å². The first-order chi connectivity index (χ1) is 9.36. The highest BCUT2D eigenvalue weighted by Gasteiger charge is 2.21. The average molecular weight is 285 g/mol. The lowest BCUT2D eigenvalue weighted by Gasteiger charge is -2.14. The fraction of sp³-hybridized carbons (Fsp3) is 0.583. The van der Waals surface area contributed by atoms with Gasteiger partial charge in [-0.05, 0) is 13.8 Å². The van der Waals surface area contributed by atoms with Gasteiger partial charge >= 0.3 is 0 Å². The first-order valence-corrected chi connectivity index (χ1v) is 6.18. The van der Waals surface area contributed by atoms with Gasteiger partial charge in [-0.2, -0.15) is 0 Å². The van der Waals surface area contributed by atoms with Crippen molar-refractivity contribution < 1.29 is 19.6 Å². The Hall–Kier alpha value is -1.93. The van der Waals surface area contributed by atoms with Crippen LogP contribution in [0.4, 0.5) is 5.69 Å². The molecule has 1 heterocycles. The van der Waals surface area contributed by atoms with E-state index in [0.717, 1.165) is 0 Å². The van der Waals surface area contributed by atoms with Crippen LogP contribution in [0.2, 0.25) is 0 Å². The van der Waals surface area contributed by atoms with Crippen molar-refractivity contribution in [3.05, 3.63) is 28.1 Å². The monoisotopic (exact) mass is 285 g/mol.